The molecule has 0 atom stereocenters. The van der Waals surface area contributed by atoms with Crippen LogP contribution in [-0.2, 0) is 6.54 Å². The van der Waals surface area contributed by atoms with E-state index >= 15 is 0 Å². The molecular formula is C26H23N7. The summed E-state index contributed by atoms with van der Waals surface area (Å²) in [5.41, 5.74) is 5.25. The molecule has 0 amide bonds. The standard InChI is InChI=1S/C26H23N7/c1-2-3-13-24-27-25(21-9-5-4-6-10-21)30-33(24)18-19-14-16-20(17-15-19)22-11-7-8-12-23(22)26-28-31-32-29-26/h3-17H,2,18H2,1H3,(H,28,29,31,32). The Balaban J connectivity index is 1.44. The van der Waals surface area contributed by atoms with Crippen molar-refractivity contribution in [1.29, 1.82) is 0 Å². The molecule has 3 aromatic carbocycles. The van der Waals surface area contributed by atoms with E-state index < -0.39 is 0 Å². The average molecular weight is 434 g/mol. The molecule has 0 aliphatic carbocycles. The van der Waals surface area contributed by atoms with Gasteiger partial charge in [0.2, 0.25) is 5.82 Å². The topological polar surface area (TPSA) is 85.2 Å². The normalized spacial score (nSPS) is 11.3. The number of allylic oxidation sites excluding steroid dienone is 1. The maximum absolute atomic E-state index is 4.78. The zero-order valence-electron chi connectivity index (χ0n) is 18.3. The second-order valence-corrected chi connectivity index (χ2v) is 7.61. The van der Waals surface area contributed by atoms with Crippen LogP contribution in [0, 0.1) is 0 Å². The van der Waals surface area contributed by atoms with Crippen LogP contribution in [0.1, 0.15) is 24.7 Å². The molecule has 2 heterocycles. The lowest BCUT2D eigenvalue weighted by Gasteiger charge is -2.09. The molecule has 0 unspecified atom stereocenters. The van der Waals surface area contributed by atoms with E-state index in [0.717, 1.165) is 45.9 Å². The summed E-state index contributed by atoms with van der Waals surface area (Å²) in [6.07, 6.45) is 5.09. The first kappa shape index (κ1) is 20.5. The van der Waals surface area contributed by atoms with Crippen molar-refractivity contribution in [3.63, 3.8) is 0 Å². The zero-order valence-corrected chi connectivity index (χ0v) is 18.3. The lowest BCUT2D eigenvalue weighted by molar-refractivity contribution is 0.679. The Morgan fingerprint density at radius 2 is 1.58 bits per heavy atom. The first-order valence-corrected chi connectivity index (χ1v) is 10.9. The smallest absolute Gasteiger partial charge is 0.205 e. The van der Waals surface area contributed by atoms with Crippen LogP contribution < -0.4 is 0 Å². The molecule has 5 rings (SSSR count). The molecule has 7 heteroatoms. The zero-order chi connectivity index (χ0) is 22.5. The quantitative estimate of drug-likeness (QED) is 0.378. The summed E-state index contributed by atoms with van der Waals surface area (Å²) in [6, 6.07) is 26.6. The van der Waals surface area contributed by atoms with Gasteiger partial charge in [0.25, 0.3) is 0 Å². The van der Waals surface area contributed by atoms with E-state index in [1.54, 1.807) is 0 Å². The third-order valence-corrected chi connectivity index (χ3v) is 5.35. The molecule has 5 aromatic rings. The van der Waals surface area contributed by atoms with Crippen molar-refractivity contribution >= 4 is 6.08 Å². The minimum atomic E-state index is 0.582. The Labute approximate surface area is 191 Å². The lowest BCUT2D eigenvalue weighted by atomic mass is 9.98. The van der Waals surface area contributed by atoms with Crippen LogP contribution >= 0.6 is 0 Å². The Bertz CT molecular complexity index is 1350. The van der Waals surface area contributed by atoms with Crippen LogP contribution in [-0.4, -0.2) is 35.4 Å². The Morgan fingerprint density at radius 1 is 0.818 bits per heavy atom. The summed E-state index contributed by atoms with van der Waals surface area (Å²) < 4.78 is 1.96. The number of rotatable bonds is 7. The van der Waals surface area contributed by atoms with Crippen molar-refractivity contribution in [1.82, 2.24) is 35.4 Å². The highest BCUT2D eigenvalue weighted by Gasteiger charge is 2.12. The molecule has 162 valence electrons. The molecule has 0 aliphatic rings. The third kappa shape index (κ3) is 4.48. The molecule has 0 fully saturated rings. The van der Waals surface area contributed by atoms with E-state index in [9.17, 15) is 0 Å². The Morgan fingerprint density at radius 3 is 2.30 bits per heavy atom. The van der Waals surface area contributed by atoms with Crippen molar-refractivity contribution in [2.45, 2.75) is 19.9 Å². The van der Waals surface area contributed by atoms with Crippen LogP contribution in [0.15, 0.2) is 84.9 Å². The van der Waals surface area contributed by atoms with E-state index in [-0.39, 0.29) is 0 Å². The van der Waals surface area contributed by atoms with Gasteiger partial charge in [-0.2, -0.15) is 10.3 Å². The predicted molar refractivity (Wildman–Crippen MR) is 129 cm³/mol. The van der Waals surface area contributed by atoms with Gasteiger partial charge in [-0.15, -0.1) is 10.2 Å². The first-order chi connectivity index (χ1) is 16.3. The fraction of sp³-hybridized carbons (Fsp3) is 0.115. The van der Waals surface area contributed by atoms with Gasteiger partial charge < -0.3 is 0 Å². The number of nitrogens with one attached hydrogen (secondary N) is 1. The lowest BCUT2D eigenvalue weighted by Crippen LogP contribution is -2.04. The number of benzene rings is 3. The maximum atomic E-state index is 4.78. The van der Waals surface area contributed by atoms with Gasteiger partial charge in [-0.1, -0.05) is 91.9 Å². The van der Waals surface area contributed by atoms with Gasteiger partial charge in [-0.25, -0.2) is 9.67 Å². The predicted octanol–water partition coefficient (Wildman–Crippen LogP) is 5.26. The van der Waals surface area contributed by atoms with Crippen molar-refractivity contribution in [3.05, 3.63) is 96.3 Å². The number of hydrogen-bond acceptors (Lipinski definition) is 5. The highest BCUT2D eigenvalue weighted by Crippen LogP contribution is 2.30. The van der Waals surface area contributed by atoms with Gasteiger partial charge in [0, 0.05) is 11.1 Å². The van der Waals surface area contributed by atoms with Gasteiger partial charge in [-0.3, -0.25) is 0 Å². The number of aromatic amines is 1. The number of hydrogen-bond donors (Lipinski definition) is 1. The molecule has 0 saturated heterocycles. The minimum Gasteiger partial charge on any atom is -0.241 e. The molecule has 1 N–H and O–H groups in total. The van der Waals surface area contributed by atoms with Crippen LogP contribution in [0.5, 0.6) is 0 Å². The van der Waals surface area contributed by atoms with Gasteiger partial charge in [-0.05, 0) is 34.4 Å². The summed E-state index contributed by atoms with van der Waals surface area (Å²) in [5, 5.41) is 19.3. The molecule has 2 aromatic heterocycles. The molecule has 0 aliphatic heterocycles. The minimum absolute atomic E-state index is 0.582. The molecule has 0 radical (unpaired) electrons. The largest absolute Gasteiger partial charge is 0.241 e. The molecule has 33 heavy (non-hydrogen) atoms. The molecule has 0 spiro atoms. The van der Waals surface area contributed by atoms with E-state index in [1.807, 2.05) is 59.3 Å². The third-order valence-electron chi connectivity index (χ3n) is 5.35. The van der Waals surface area contributed by atoms with Crippen LogP contribution in [0.2, 0.25) is 0 Å². The molecule has 0 saturated carbocycles. The number of tetrazole rings is 1. The fourth-order valence-electron chi connectivity index (χ4n) is 3.69. The second kappa shape index (κ2) is 9.40. The SMILES string of the molecule is CCC=Cc1nc(-c2ccccc2)nn1Cc1ccc(-c2ccccc2-c2nn[nH]n2)cc1. The first-order valence-electron chi connectivity index (χ1n) is 10.9. The van der Waals surface area contributed by atoms with Crippen LogP contribution in [0.4, 0.5) is 0 Å². The van der Waals surface area contributed by atoms with Gasteiger partial charge in [0.15, 0.2) is 11.6 Å². The monoisotopic (exact) mass is 433 g/mol. The molecule has 0 bridgehead atoms. The van der Waals surface area contributed by atoms with E-state index in [2.05, 4.69) is 64.0 Å². The van der Waals surface area contributed by atoms with Crippen LogP contribution in [0.3, 0.4) is 0 Å². The average Bonchev–Trinajstić information content (AvgIpc) is 3.54. The summed E-state index contributed by atoms with van der Waals surface area (Å²) in [6.45, 7) is 2.75. The Hall–Kier alpha value is -4.39. The maximum Gasteiger partial charge on any atom is 0.205 e. The summed E-state index contributed by atoms with van der Waals surface area (Å²) in [5.74, 6) is 2.16. The fourth-order valence-corrected chi connectivity index (χ4v) is 3.69. The van der Waals surface area contributed by atoms with Crippen molar-refractivity contribution in [3.8, 4) is 33.9 Å². The van der Waals surface area contributed by atoms with Crippen molar-refractivity contribution in [2.24, 2.45) is 0 Å². The highest BCUT2D eigenvalue weighted by molar-refractivity contribution is 5.80. The summed E-state index contributed by atoms with van der Waals surface area (Å²) in [4.78, 5) is 4.76. The van der Waals surface area contributed by atoms with Crippen molar-refractivity contribution in [2.75, 3.05) is 0 Å². The number of nitrogens with zero attached hydrogens (tertiary/aromatic N) is 6. The summed E-state index contributed by atoms with van der Waals surface area (Å²) in [7, 11) is 0. The van der Waals surface area contributed by atoms with Gasteiger partial charge >= 0.3 is 0 Å². The summed E-state index contributed by atoms with van der Waals surface area (Å²) >= 11 is 0. The molecule has 7 nitrogen and oxygen atoms in total. The van der Waals surface area contributed by atoms with Gasteiger partial charge in [0.1, 0.15) is 0 Å². The van der Waals surface area contributed by atoms with Gasteiger partial charge in [0.05, 0.1) is 6.54 Å². The van der Waals surface area contributed by atoms with Crippen molar-refractivity contribution < 1.29 is 0 Å². The second-order valence-electron chi connectivity index (χ2n) is 7.61. The van der Waals surface area contributed by atoms with Crippen LogP contribution in [0.25, 0.3) is 40.0 Å². The number of H-pyrrole nitrogens is 1. The Kier molecular flexibility index (Phi) is 5.84. The van der Waals surface area contributed by atoms with E-state index in [0.29, 0.717) is 12.4 Å². The molecular weight excluding hydrogens is 410 g/mol. The van der Waals surface area contributed by atoms with E-state index in [4.69, 9.17) is 10.1 Å². The highest BCUT2D eigenvalue weighted by atomic mass is 15.5. The van der Waals surface area contributed by atoms with E-state index in [1.165, 1.54) is 0 Å². The number of aromatic nitrogens is 7.